The van der Waals surface area contributed by atoms with E-state index in [1.54, 1.807) is 7.11 Å². The third kappa shape index (κ3) is 5.07. The topological polar surface area (TPSA) is 71.5 Å². The van der Waals surface area contributed by atoms with Gasteiger partial charge in [-0.3, -0.25) is 4.79 Å². The van der Waals surface area contributed by atoms with Crippen LogP contribution in [-0.2, 0) is 17.8 Å². The van der Waals surface area contributed by atoms with E-state index >= 15 is 0 Å². The zero-order valence-corrected chi connectivity index (χ0v) is 15.2. The summed E-state index contributed by atoms with van der Waals surface area (Å²) >= 11 is 0. The van der Waals surface area contributed by atoms with E-state index in [0.29, 0.717) is 18.8 Å². The number of aromatic nitrogens is 1. The average Bonchev–Trinajstić information content (AvgIpc) is 2.72. The lowest BCUT2D eigenvalue weighted by Gasteiger charge is -2.12. The molecule has 1 heterocycles. The predicted octanol–water partition coefficient (Wildman–Crippen LogP) is 4.39. The normalized spacial score (nSPS) is 10.4. The summed E-state index contributed by atoms with van der Waals surface area (Å²) in [7, 11) is 1.62. The Morgan fingerprint density at radius 1 is 1.04 bits per heavy atom. The highest BCUT2D eigenvalue weighted by atomic mass is 16.5. The van der Waals surface area contributed by atoms with Gasteiger partial charge in [-0.1, -0.05) is 42.5 Å². The first-order chi connectivity index (χ1) is 13.2. The minimum Gasteiger partial charge on any atom is -0.481 e. The highest BCUT2D eigenvalue weighted by Gasteiger charge is 2.08. The monoisotopic (exact) mass is 362 g/mol. The third-order valence-corrected chi connectivity index (χ3v) is 4.27. The Balaban J connectivity index is 1.66. The molecule has 0 saturated heterocycles. The molecule has 0 fully saturated rings. The molecule has 0 radical (unpaired) electrons. The molecule has 0 aliphatic carbocycles. The second-order valence-corrected chi connectivity index (χ2v) is 6.18. The number of nitrogens with one attached hydrogen (secondary N) is 1. The van der Waals surface area contributed by atoms with Crippen molar-refractivity contribution in [2.45, 2.75) is 19.4 Å². The first-order valence-corrected chi connectivity index (χ1v) is 8.79. The lowest BCUT2D eigenvalue weighted by atomic mass is 10.1. The van der Waals surface area contributed by atoms with E-state index in [2.05, 4.69) is 10.3 Å². The van der Waals surface area contributed by atoms with Gasteiger partial charge in [0.05, 0.1) is 12.8 Å². The molecular formula is C22H22N2O3. The van der Waals surface area contributed by atoms with Crippen molar-refractivity contribution < 1.29 is 14.6 Å². The van der Waals surface area contributed by atoms with Crippen molar-refractivity contribution in [3.63, 3.8) is 0 Å². The molecule has 2 aromatic carbocycles. The molecule has 0 aliphatic heterocycles. The van der Waals surface area contributed by atoms with Crippen LogP contribution in [0.1, 0.15) is 17.5 Å². The van der Waals surface area contributed by atoms with E-state index < -0.39 is 5.97 Å². The number of carboxylic acid groups (broad SMARTS) is 1. The largest absolute Gasteiger partial charge is 0.481 e. The number of aliphatic carboxylic acids is 1. The van der Waals surface area contributed by atoms with Gasteiger partial charge in [0.1, 0.15) is 0 Å². The first-order valence-electron chi connectivity index (χ1n) is 8.79. The van der Waals surface area contributed by atoms with Crippen molar-refractivity contribution in [2.24, 2.45) is 0 Å². The summed E-state index contributed by atoms with van der Waals surface area (Å²) in [6.07, 6.45) is 0.678. The van der Waals surface area contributed by atoms with E-state index in [1.165, 1.54) is 0 Å². The maximum atomic E-state index is 10.6. The molecule has 3 aromatic rings. The number of anilines is 1. The van der Waals surface area contributed by atoms with Gasteiger partial charge >= 0.3 is 5.97 Å². The van der Waals surface area contributed by atoms with Crippen molar-refractivity contribution in [1.29, 1.82) is 0 Å². The van der Waals surface area contributed by atoms with Crippen LogP contribution < -0.4 is 10.1 Å². The number of methoxy groups -OCH3 is 1. The highest BCUT2D eigenvalue weighted by Crippen LogP contribution is 2.24. The standard InChI is InChI=1S/C22H22N2O3/c1-27-22-18(10-13-20(24-22)17-5-3-2-4-6-17)15-23-19-11-7-16(8-12-19)9-14-21(25)26/h2-8,10-13,23H,9,14-15H2,1H3,(H,25,26). The van der Waals surface area contributed by atoms with Crippen LogP contribution in [0.5, 0.6) is 5.88 Å². The van der Waals surface area contributed by atoms with Gasteiger partial charge in [-0.05, 0) is 36.2 Å². The van der Waals surface area contributed by atoms with Crippen LogP contribution in [0.15, 0.2) is 66.7 Å². The maximum Gasteiger partial charge on any atom is 0.303 e. The van der Waals surface area contributed by atoms with Gasteiger partial charge in [-0.25, -0.2) is 4.98 Å². The number of carbonyl (C=O) groups is 1. The fourth-order valence-electron chi connectivity index (χ4n) is 2.79. The lowest BCUT2D eigenvalue weighted by Crippen LogP contribution is -2.04. The third-order valence-electron chi connectivity index (χ3n) is 4.27. The van der Waals surface area contributed by atoms with E-state index in [4.69, 9.17) is 9.84 Å². The van der Waals surface area contributed by atoms with E-state index in [1.807, 2.05) is 66.7 Å². The van der Waals surface area contributed by atoms with Crippen molar-refractivity contribution in [1.82, 2.24) is 4.98 Å². The minimum absolute atomic E-state index is 0.142. The number of ether oxygens (including phenoxy) is 1. The number of aryl methyl sites for hydroxylation is 1. The molecule has 0 bridgehead atoms. The summed E-state index contributed by atoms with van der Waals surface area (Å²) in [5.41, 5.74) is 4.86. The van der Waals surface area contributed by atoms with Crippen LogP contribution in [0.25, 0.3) is 11.3 Å². The molecular weight excluding hydrogens is 340 g/mol. The Hall–Kier alpha value is -3.34. The summed E-state index contributed by atoms with van der Waals surface area (Å²) in [5, 5.41) is 12.1. The second kappa shape index (κ2) is 8.85. The molecule has 0 amide bonds. The van der Waals surface area contributed by atoms with Crippen LogP contribution in [0.3, 0.4) is 0 Å². The van der Waals surface area contributed by atoms with Gasteiger partial charge < -0.3 is 15.2 Å². The predicted molar refractivity (Wildman–Crippen MR) is 106 cm³/mol. The summed E-state index contributed by atoms with van der Waals surface area (Å²) < 4.78 is 5.46. The molecule has 27 heavy (non-hydrogen) atoms. The lowest BCUT2D eigenvalue weighted by molar-refractivity contribution is -0.136. The Labute approximate surface area is 158 Å². The van der Waals surface area contributed by atoms with Crippen molar-refractivity contribution >= 4 is 11.7 Å². The molecule has 138 valence electrons. The molecule has 1 aromatic heterocycles. The number of rotatable bonds is 8. The quantitative estimate of drug-likeness (QED) is 0.622. The van der Waals surface area contributed by atoms with Crippen LogP contribution >= 0.6 is 0 Å². The van der Waals surface area contributed by atoms with E-state index in [0.717, 1.165) is 28.1 Å². The number of hydrogen-bond donors (Lipinski definition) is 2. The van der Waals surface area contributed by atoms with Gasteiger partial charge in [0.25, 0.3) is 0 Å². The Kier molecular flexibility index (Phi) is 6.05. The molecule has 0 atom stereocenters. The van der Waals surface area contributed by atoms with Crippen LogP contribution in [0.4, 0.5) is 5.69 Å². The zero-order valence-electron chi connectivity index (χ0n) is 15.2. The number of pyridine rings is 1. The Morgan fingerprint density at radius 2 is 1.78 bits per heavy atom. The summed E-state index contributed by atoms with van der Waals surface area (Å²) in [5.74, 6) is -0.183. The highest BCUT2D eigenvalue weighted by molar-refractivity contribution is 5.67. The van der Waals surface area contributed by atoms with Gasteiger partial charge in [0.2, 0.25) is 5.88 Å². The molecule has 0 saturated carbocycles. The number of nitrogens with zero attached hydrogens (tertiary/aromatic N) is 1. The second-order valence-electron chi connectivity index (χ2n) is 6.18. The van der Waals surface area contributed by atoms with Crippen molar-refractivity contribution in [2.75, 3.05) is 12.4 Å². The molecule has 2 N–H and O–H groups in total. The van der Waals surface area contributed by atoms with Crippen LogP contribution in [-0.4, -0.2) is 23.2 Å². The summed E-state index contributed by atoms with van der Waals surface area (Å²) in [6.45, 7) is 0.583. The fourth-order valence-corrected chi connectivity index (χ4v) is 2.79. The van der Waals surface area contributed by atoms with Crippen LogP contribution in [0.2, 0.25) is 0 Å². The van der Waals surface area contributed by atoms with E-state index in [-0.39, 0.29) is 6.42 Å². The number of benzene rings is 2. The molecule has 0 spiro atoms. The van der Waals surface area contributed by atoms with Gasteiger partial charge in [-0.2, -0.15) is 0 Å². The average molecular weight is 362 g/mol. The van der Waals surface area contributed by atoms with Crippen molar-refractivity contribution in [3.8, 4) is 17.1 Å². The minimum atomic E-state index is -0.782. The Morgan fingerprint density at radius 3 is 2.44 bits per heavy atom. The van der Waals surface area contributed by atoms with Gasteiger partial charge in [-0.15, -0.1) is 0 Å². The summed E-state index contributed by atoms with van der Waals surface area (Å²) in [4.78, 5) is 15.3. The SMILES string of the molecule is COc1nc(-c2ccccc2)ccc1CNc1ccc(CCC(=O)O)cc1. The number of hydrogen-bond acceptors (Lipinski definition) is 4. The maximum absolute atomic E-state index is 10.6. The van der Waals surface area contributed by atoms with Gasteiger partial charge in [0.15, 0.2) is 0 Å². The van der Waals surface area contributed by atoms with Gasteiger partial charge in [0, 0.05) is 29.8 Å². The molecule has 5 nitrogen and oxygen atoms in total. The van der Waals surface area contributed by atoms with Crippen LogP contribution in [0, 0.1) is 0 Å². The smallest absolute Gasteiger partial charge is 0.303 e. The molecule has 3 rings (SSSR count). The van der Waals surface area contributed by atoms with E-state index in [9.17, 15) is 4.79 Å². The molecule has 0 aliphatic rings. The number of carboxylic acids is 1. The fraction of sp³-hybridized carbons (Fsp3) is 0.182. The first kappa shape index (κ1) is 18.5. The molecule has 0 unspecified atom stereocenters. The zero-order chi connectivity index (χ0) is 19.1. The summed E-state index contributed by atoms with van der Waals surface area (Å²) in [6, 6.07) is 21.8. The molecule has 5 heteroatoms. The Bertz CT molecular complexity index is 893. The van der Waals surface area contributed by atoms with Crippen molar-refractivity contribution in [3.05, 3.63) is 77.9 Å².